The van der Waals surface area contributed by atoms with Gasteiger partial charge >= 0.3 is 0 Å². The second-order valence-electron chi connectivity index (χ2n) is 7.10. The third-order valence-electron chi connectivity index (χ3n) is 4.69. The molecule has 1 aliphatic heterocycles. The molecule has 3 rings (SSSR count). The smallest absolute Gasteiger partial charge is 0.251 e. The summed E-state index contributed by atoms with van der Waals surface area (Å²) in [5, 5.41) is 3.44. The Morgan fingerprint density at radius 3 is 2.61 bits per heavy atom. The minimum atomic E-state index is -3.11. The molecule has 1 unspecified atom stereocenters. The van der Waals surface area contributed by atoms with Gasteiger partial charge in [0.25, 0.3) is 5.91 Å². The van der Waals surface area contributed by atoms with Gasteiger partial charge in [0.15, 0.2) is 21.3 Å². The zero-order valence-electron chi connectivity index (χ0n) is 15.7. The standard InChI is InChI=1S/C20H22ClNO5S/c1-20(9-10-28(24,25)13-20)22-19(23)14-7-8-17(18(11-14)26-2)27-12-15-5-3-4-6-16(15)21/h3-8,11H,9-10,12-13H2,1-2H3,(H,22,23). The molecule has 2 aromatic carbocycles. The van der Waals surface area contributed by atoms with Gasteiger partial charge < -0.3 is 14.8 Å². The summed E-state index contributed by atoms with van der Waals surface area (Å²) in [7, 11) is -1.62. The molecule has 0 aromatic heterocycles. The first kappa shape index (κ1) is 20.5. The predicted octanol–water partition coefficient (Wildman–Crippen LogP) is 3.23. The van der Waals surface area contributed by atoms with Crippen molar-refractivity contribution < 1.29 is 22.7 Å². The summed E-state index contributed by atoms with van der Waals surface area (Å²) >= 11 is 6.14. The number of benzene rings is 2. The van der Waals surface area contributed by atoms with Gasteiger partial charge in [-0.25, -0.2) is 8.42 Å². The van der Waals surface area contributed by atoms with Gasteiger partial charge in [-0.2, -0.15) is 0 Å². The van der Waals surface area contributed by atoms with E-state index in [0.717, 1.165) is 5.56 Å². The fraction of sp³-hybridized carbons (Fsp3) is 0.350. The molecule has 28 heavy (non-hydrogen) atoms. The minimum absolute atomic E-state index is 0.0537. The molecule has 1 amide bonds. The van der Waals surface area contributed by atoms with E-state index in [-0.39, 0.29) is 24.0 Å². The van der Waals surface area contributed by atoms with E-state index in [1.54, 1.807) is 31.2 Å². The first-order valence-corrected chi connectivity index (χ1v) is 11.0. The Hall–Kier alpha value is -2.25. The van der Waals surface area contributed by atoms with Gasteiger partial charge in [0.2, 0.25) is 0 Å². The number of methoxy groups -OCH3 is 1. The average Bonchev–Trinajstić information content (AvgIpc) is 2.93. The number of carbonyl (C=O) groups excluding carboxylic acids is 1. The van der Waals surface area contributed by atoms with Crippen LogP contribution in [0.5, 0.6) is 11.5 Å². The normalized spacial score (nSPS) is 20.5. The molecule has 0 radical (unpaired) electrons. The van der Waals surface area contributed by atoms with E-state index in [9.17, 15) is 13.2 Å². The van der Waals surface area contributed by atoms with Crippen molar-refractivity contribution in [1.82, 2.24) is 5.32 Å². The average molecular weight is 424 g/mol. The van der Waals surface area contributed by atoms with Crippen LogP contribution < -0.4 is 14.8 Å². The lowest BCUT2D eigenvalue weighted by molar-refractivity contribution is 0.0915. The minimum Gasteiger partial charge on any atom is -0.493 e. The summed E-state index contributed by atoms with van der Waals surface area (Å²) in [6, 6.07) is 12.2. The Bertz CT molecular complexity index is 992. The molecule has 8 heteroatoms. The van der Waals surface area contributed by atoms with Crippen molar-refractivity contribution in [2.24, 2.45) is 0 Å². The topological polar surface area (TPSA) is 81.7 Å². The maximum atomic E-state index is 12.6. The van der Waals surface area contributed by atoms with Crippen molar-refractivity contribution >= 4 is 27.3 Å². The van der Waals surface area contributed by atoms with Gasteiger partial charge in [0.1, 0.15) is 6.61 Å². The quantitative estimate of drug-likeness (QED) is 0.771. The van der Waals surface area contributed by atoms with Crippen molar-refractivity contribution in [2.75, 3.05) is 18.6 Å². The van der Waals surface area contributed by atoms with Gasteiger partial charge in [0, 0.05) is 16.1 Å². The number of nitrogens with one attached hydrogen (secondary N) is 1. The Kier molecular flexibility index (Phi) is 5.86. The lowest BCUT2D eigenvalue weighted by Gasteiger charge is -2.24. The van der Waals surface area contributed by atoms with Crippen LogP contribution in [0.4, 0.5) is 0 Å². The number of ether oxygens (including phenoxy) is 2. The molecule has 1 atom stereocenters. The molecule has 2 aromatic rings. The van der Waals surface area contributed by atoms with Crippen LogP contribution in [0.1, 0.15) is 29.3 Å². The molecule has 1 N–H and O–H groups in total. The van der Waals surface area contributed by atoms with E-state index in [4.69, 9.17) is 21.1 Å². The number of halogens is 1. The molecular weight excluding hydrogens is 402 g/mol. The number of sulfone groups is 1. The van der Waals surface area contributed by atoms with E-state index in [0.29, 0.717) is 28.5 Å². The van der Waals surface area contributed by atoms with Gasteiger partial charge in [-0.05, 0) is 37.6 Å². The summed E-state index contributed by atoms with van der Waals surface area (Å²) in [4.78, 5) is 12.6. The molecule has 6 nitrogen and oxygen atoms in total. The van der Waals surface area contributed by atoms with Crippen molar-refractivity contribution in [2.45, 2.75) is 25.5 Å². The summed E-state index contributed by atoms with van der Waals surface area (Å²) in [6.45, 7) is 2.01. The molecule has 0 spiro atoms. The third kappa shape index (κ3) is 4.77. The highest BCUT2D eigenvalue weighted by Gasteiger charge is 2.39. The van der Waals surface area contributed by atoms with Gasteiger partial charge in [-0.15, -0.1) is 0 Å². The maximum Gasteiger partial charge on any atom is 0.251 e. The van der Waals surface area contributed by atoms with Crippen LogP contribution in [0, 0.1) is 0 Å². The van der Waals surface area contributed by atoms with Gasteiger partial charge in [-0.3, -0.25) is 4.79 Å². The number of carbonyl (C=O) groups is 1. The van der Waals surface area contributed by atoms with Crippen LogP contribution >= 0.6 is 11.6 Å². The van der Waals surface area contributed by atoms with Crippen molar-refractivity contribution in [3.8, 4) is 11.5 Å². The Labute approximate surface area is 169 Å². The summed E-state index contributed by atoms with van der Waals surface area (Å²) in [5.41, 5.74) is 0.443. The predicted molar refractivity (Wildman–Crippen MR) is 108 cm³/mol. The Balaban J connectivity index is 1.72. The first-order chi connectivity index (χ1) is 13.2. The molecule has 1 aliphatic rings. The van der Waals surface area contributed by atoms with Crippen molar-refractivity contribution in [1.29, 1.82) is 0 Å². The second kappa shape index (κ2) is 8.01. The molecule has 1 fully saturated rings. The number of hydrogen-bond acceptors (Lipinski definition) is 5. The second-order valence-corrected chi connectivity index (χ2v) is 9.69. The molecule has 150 valence electrons. The van der Waals surface area contributed by atoms with Crippen LogP contribution in [0.3, 0.4) is 0 Å². The molecule has 0 aliphatic carbocycles. The first-order valence-electron chi connectivity index (χ1n) is 8.79. The van der Waals surface area contributed by atoms with Crippen LogP contribution in [0.25, 0.3) is 0 Å². The Morgan fingerprint density at radius 2 is 1.96 bits per heavy atom. The summed E-state index contributed by atoms with van der Waals surface area (Å²) < 4.78 is 34.6. The van der Waals surface area contributed by atoms with Crippen molar-refractivity contribution in [3.05, 3.63) is 58.6 Å². The lowest BCUT2D eigenvalue weighted by Crippen LogP contribution is -2.46. The van der Waals surface area contributed by atoms with Gasteiger partial charge in [0.05, 0.1) is 24.2 Å². The fourth-order valence-corrected chi connectivity index (χ4v) is 5.44. The molecular formula is C20H22ClNO5S. The molecule has 1 heterocycles. The van der Waals surface area contributed by atoms with Crippen LogP contribution in [0.15, 0.2) is 42.5 Å². The molecule has 0 bridgehead atoms. The number of hydrogen-bond donors (Lipinski definition) is 1. The summed E-state index contributed by atoms with van der Waals surface area (Å²) in [6.07, 6.45) is 0.400. The SMILES string of the molecule is COc1cc(C(=O)NC2(C)CCS(=O)(=O)C2)ccc1OCc1ccccc1Cl. The lowest BCUT2D eigenvalue weighted by atomic mass is 10.0. The number of rotatable bonds is 6. The zero-order valence-corrected chi connectivity index (χ0v) is 17.3. The van der Waals surface area contributed by atoms with E-state index in [1.807, 2.05) is 18.2 Å². The highest BCUT2D eigenvalue weighted by Crippen LogP contribution is 2.30. The third-order valence-corrected chi connectivity index (χ3v) is 6.96. The van der Waals surface area contributed by atoms with Crippen LogP contribution in [-0.2, 0) is 16.4 Å². The van der Waals surface area contributed by atoms with E-state index < -0.39 is 15.4 Å². The van der Waals surface area contributed by atoms with E-state index >= 15 is 0 Å². The molecule has 0 saturated carbocycles. The van der Waals surface area contributed by atoms with E-state index in [1.165, 1.54) is 7.11 Å². The summed E-state index contributed by atoms with van der Waals surface area (Å²) in [5.74, 6) is 0.567. The van der Waals surface area contributed by atoms with E-state index in [2.05, 4.69) is 5.32 Å². The fourth-order valence-electron chi connectivity index (χ4n) is 3.15. The monoisotopic (exact) mass is 423 g/mol. The zero-order chi connectivity index (χ0) is 20.4. The van der Waals surface area contributed by atoms with Crippen LogP contribution in [0.2, 0.25) is 5.02 Å². The van der Waals surface area contributed by atoms with Crippen LogP contribution in [-0.4, -0.2) is 38.5 Å². The largest absolute Gasteiger partial charge is 0.493 e. The van der Waals surface area contributed by atoms with Crippen molar-refractivity contribution in [3.63, 3.8) is 0 Å². The maximum absolute atomic E-state index is 12.6. The highest BCUT2D eigenvalue weighted by atomic mass is 35.5. The highest BCUT2D eigenvalue weighted by molar-refractivity contribution is 7.91. The Morgan fingerprint density at radius 1 is 1.21 bits per heavy atom. The van der Waals surface area contributed by atoms with Gasteiger partial charge in [-0.1, -0.05) is 29.8 Å². The molecule has 1 saturated heterocycles. The number of amides is 1.